The van der Waals surface area contributed by atoms with Crippen LogP contribution in [0.2, 0.25) is 5.02 Å². The maximum absolute atomic E-state index is 12.5. The third kappa shape index (κ3) is 4.16. The molecule has 144 valence electrons. The lowest BCUT2D eigenvalue weighted by Crippen LogP contribution is -2.32. The minimum atomic E-state index is -0.488. The SMILES string of the molecule is COc1ccc(NC(=O)Cn2ncc(N3CCCC3)c(Cl)c2=O)c(OC)c1. The zero-order valence-corrected chi connectivity index (χ0v) is 16.0. The van der Waals surface area contributed by atoms with E-state index in [-0.39, 0.29) is 11.6 Å². The van der Waals surface area contributed by atoms with Gasteiger partial charge in [0.25, 0.3) is 5.56 Å². The second-order valence-electron chi connectivity index (χ2n) is 6.12. The average molecular weight is 393 g/mol. The zero-order chi connectivity index (χ0) is 19.4. The van der Waals surface area contributed by atoms with Crippen LogP contribution in [0.1, 0.15) is 12.8 Å². The topological polar surface area (TPSA) is 85.7 Å². The molecule has 9 heteroatoms. The van der Waals surface area contributed by atoms with Crippen molar-refractivity contribution in [2.24, 2.45) is 0 Å². The summed E-state index contributed by atoms with van der Waals surface area (Å²) in [5.74, 6) is 0.635. The Morgan fingerprint density at radius 1 is 1.26 bits per heavy atom. The van der Waals surface area contributed by atoms with Crippen molar-refractivity contribution in [2.75, 3.05) is 37.5 Å². The lowest BCUT2D eigenvalue weighted by Gasteiger charge is -2.18. The molecule has 0 bridgehead atoms. The largest absolute Gasteiger partial charge is 0.497 e. The first kappa shape index (κ1) is 19.0. The fraction of sp³-hybridized carbons (Fsp3) is 0.389. The van der Waals surface area contributed by atoms with E-state index in [1.54, 1.807) is 25.3 Å². The van der Waals surface area contributed by atoms with Crippen molar-refractivity contribution in [3.8, 4) is 11.5 Å². The van der Waals surface area contributed by atoms with Gasteiger partial charge in [-0.1, -0.05) is 11.6 Å². The van der Waals surface area contributed by atoms with Crippen LogP contribution in [0, 0.1) is 0 Å². The monoisotopic (exact) mass is 392 g/mol. The Labute approximate surface area is 161 Å². The lowest BCUT2D eigenvalue weighted by molar-refractivity contribution is -0.117. The van der Waals surface area contributed by atoms with Crippen LogP contribution in [-0.4, -0.2) is 43.0 Å². The molecule has 1 amide bonds. The van der Waals surface area contributed by atoms with E-state index >= 15 is 0 Å². The Kier molecular flexibility index (Phi) is 5.85. The summed E-state index contributed by atoms with van der Waals surface area (Å²) >= 11 is 6.22. The highest BCUT2D eigenvalue weighted by Crippen LogP contribution is 2.29. The molecule has 0 unspecified atom stereocenters. The summed E-state index contributed by atoms with van der Waals surface area (Å²) in [5.41, 5.74) is 0.599. The normalized spacial score (nSPS) is 13.5. The lowest BCUT2D eigenvalue weighted by atomic mass is 10.2. The van der Waals surface area contributed by atoms with E-state index in [0.29, 0.717) is 22.9 Å². The van der Waals surface area contributed by atoms with Gasteiger partial charge in [0.05, 0.1) is 31.8 Å². The minimum absolute atomic E-state index is 0.0849. The number of methoxy groups -OCH3 is 2. The molecule has 0 spiro atoms. The number of aromatic nitrogens is 2. The van der Waals surface area contributed by atoms with Crippen molar-refractivity contribution in [3.63, 3.8) is 0 Å². The first-order valence-electron chi connectivity index (χ1n) is 8.56. The van der Waals surface area contributed by atoms with Gasteiger partial charge in [0, 0.05) is 19.2 Å². The third-order valence-corrected chi connectivity index (χ3v) is 4.74. The summed E-state index contributed by atoms with van der Waals surface area (Å²) in [6.07, 6.45) is 3.66. The molecule has 1 aliphatic heterocycles. The standard InChI is InChI=1S/C18H21ClN4O4/c1-26-12-5-6-13(15(9-12)27-2)21-16(24)11-23-18(25)17(19)14(10-20-23)22-7-3-4-8-22/h5-6,9-10H,3-4,7-8,11H2,1-2H3,(H,21,24). The number of hydrogen-bond acceptors (Lipinski definition) is 6. The molecule has 1 aromatic carbocycles. The summed E-state index contributed by atoms with van der Waals surface area (Å²) < 4.78 is 11.4. The fourth-order valence-corrected chi connectivity index (χ4v) is 3.24. The van der Waals surface area contributed by atoms with Gasteiger partial charge in [-0.25, -0.2) is 4.68 Å². The van der Waals surface area contributed by atoms with Crippen molar-refractivity contribution < 1.29 is 14.3 Å². The highest BCUT2D eigenvalue weighted by atomic mass is 35.5. The molecule has 0 radical (unpaired) electrons. The number of nitrogens with zero attached hydrogens (tertiary/aromatic N) is 3. The van der Waals surface area contributed by atoms with E-state index < -0.39 is 11.5 Å². The van der Waals surface area contributed by atoms with Crippen LogP contribution in [0.4, 0.5) is 11.4 Å². The Morgan fingerprint density at radius 2 is 2.00 bits per heavy atom. The number of rotatable bonds is 6. The Morgan fingerprint density at radius 3 is 2.67 bits per heavy atom. The molecule has 0 aliphatic carbocycles. The van der Waals surface area contributed by atoms with Crippen molar-refractivity contribution in [1.29, 1.82) is 0 Å². The summed E-state index contributed by atoms with van der Waals surface area (Å²) in [4.78, 5) is 26.9. The Balaban J connectivity index is 1.75. The highest BCUT2D eigenvalue weighted by Gasteiger charge is 2.19. The number of nitrogens with one attached hydrogen (secondary N) is 1. The van der Waals surface area contributed by atoms with E-state index in [2.05, 4.69) is 10.4 Å². The molecule has 27 heavy (non-hydrogen) atoms. The third-order valence-electron chi connectivity index (χ3n) is 4.39. The first-order valence-corrected chi connectivity index (χ1v) is 8.93. The second-order valence-corrected chi connectivity index (χ2v) is 6.49. The van der Waals surface area contributed by atoms with Gasteiger partial charge in [-0.3, -0.25) is 9.59 Å². The quantitative estimate of drug-likeness (QED) is 0.810. The molecule has 0 saturated carbocycles. The number of anilines is 2. The van der Waals surface area contributed by atoms with Gasteiger partial charge in [-0.2, -0.15) is 5.10 Å². The van der Waals surface area contributed by atoms with Crippen LogP contribution in [0.5, 0.6) is 11.5 Å². The van der Waals surface area contributed by atoms with E-state index in [9.17, 15) is 9.59 Å². The van der Waals surface area contributed by atoms with Crippen LogP contribution >= 0.6 is 11.6 Å². The molecule has 8 nitrogen and oxygen atoms in total. The molecular formula is C18H21ClN4O4. The van der Waals surface area contributed by atoms with E-state index in [1.165, 1.54) is 13.3 Å². The van der Waals surface area contributed by atoms with Crippen molar-refractivity contribution in [2.45, 2.75) is 19.4 Å². The smallest absolute Gasteiger partial charge is 0.288 e. The van der Waals surface area contributed by atoms with E-state index in [4.69, 9.17) is 21.1 Å². The molecular weight excluding hydrogens is 372 g/mol. The maximum atomic E-state index is 12.5. The molecule has 2 aromatic rings. The van der Waals surface area contributed by atoms with Gasteiger partial charge in [0.15, 0.2) is 0 Å². The summed E-state index contributed by atoms with van der Waals surface area (Å²) in [6.45, 7) is 1.44. The molecule has 3 rings (SSSR count). The Hall–Kier alpha value is -2.74. The number of halogens is 1. The molecule has 2 heterocycles. The number of hydrogen-bond donors (Lipinski definition) is 1. The fourth-order valence-electron chi connectivity index (χ4n) is 2.98. The van der Waals surface area contributed by atoms with Crippen LogP contribution in [0.25, 0.3) is 0 Å². The molecule has 1 saturated heterocycles. The zero-order valence-electron chi connectivity index (χ0n) is 15.2. The van der Waals surface area contributed by atoms with Gasteiger partial charge in [0.1, 0.15) is 23.1 Å². The van der Waals surface area contributed by atoms with E-state index in [1.807, 2.05) is 4.90 Å². The van der Waals surface area contributed by atoms with E-state index in [0.717, 1.165) is 30.6 Å². The van der Waals surface area contributed by atoms with Crippen molar-refractivity contribution in [3.05, 3.63) is 39.8 Å². The average Bonchev–Trinajstić information content (AvgIpc) is 3.20. The first-order chi connectivity index (χ1) is 13.0. The molecule has 1 N–H and O–H groups in total. The molecule has 1 aliphatic rings. The number of ether oxygens (including phenoxy) is 2. The van der Waals surface area contributed by atoms with Crippen LogP contribution < -0.4 is 25.2 Å². The summed E-state index contributed by atoms with van der Waals surface area (Å²) in [7, 11) is 3.04. The number of amides is 1. The molecule has 0 atom stereocenters. The molecule has 1 aromatic heterocycles. The predicted molar refractivity (Wildman–Crippen MR) is 103 cm³/mol. The van der Waals surface area contributed by atoms with Gasteiger partial charge >= 0.3 is 0 Å². The highest BCUT2D eigenvalue weighted by molar-refractivity contribution is 6.33. The predicted octanol–water partition coefficient (Wildman–Crippen LogP) is 2.15. The van der Waals surface area contributed by atoms with Gasteiger partial charge in [-0.05, 0) is 25.0 Å². The van der Waals surface area contributed by atoms with Gasteiger partial charge < -0.3 is 19.7 Å². The minimum Gasteiger partial charge on any atom is -0.497 e. The van der Waals surface area contributed by atoms with Crippen molar-refractivity contribution in [1.82, 2.24) is 9.78 Å². The van der Waals surface area contributed by atoms with Crippen LogP contribution in [0.3, 0.4) is 0 Å². The van der Waals surface area contributed by atoms with Crippen LogP contribution in [0.15, 0.2) is 29.2 Å². The Bertz CT molecular complexity index is 893. The maximum Gasteiger partial charge on any atom is 0.288 e. The number of benzene rings is 1. The van der Waals surface area contributed by atoms with Gasteiger partial charge in [0.2, 0.25) is 5.91 Å². The molecule has 1 fully saturated rings. The number of carbonyl (C=O) groups excluding carboxylic acids is 1. The van der Waals surface area contributed by atoms with Crippen molar-refractivity contribution >= 4 is 28.9 Å². The second kappa shape index (κ2) is 8.30. The summed E-state index contributed by atoms with van der Waals surface area (Å²) in [6, 6.07) is 5.02. The van der Waals surface area contributed by atoms with Gasteiger partial charge in [-0.15, -0.1) is 0 Å². The number of carbonyl (C=O) groups is 1. The summed E-state index contributed by atoms with van der Waals surface area (Å²) in [5, 5.41) is 6.89. The van der Waals surface area contributed by atoms with Crippen LogP contribution in [-0.2, 0) is 11.3 Å².